The van der Waals surface area contributed by atoms with Crippen molar-refractivity contribution in [2.24, 2.45) is 5.73 Å². The maximum absolute atomic E-state index is 5.46. The van der Waals surface area contributed by atoms with Crippen LogP contribution in [0.4, 0.5) is 0 Å². The minimum absolute atomic E-state index is 0.490. The van der Waals surface area contributed by atoms with E-state index in [2.05, 4.69) is 4.98 Å². The second-order valence-corrected chi connectivity index (χ2v) is 3.85. The van der Waals surface area contributed by atoms with E-state index >= 15 is 0 Å². The Kier molecular flexibility index (Phi) is 2.16. The Labute approximate surface area is 80.2 Å². The van der Waals surface area contributed by atoms with E-state index < -0.39 is 0 Å². The lowest BCUT2D eigenvalue weighted by atomic mass is 10.4. The fourth-order valence-electron chi connectivity index (χ4n) is 1.09. The lowest BCUT2D eigenvalue weighted by Crippen LogP contribution is -1.93. The molecule has 68 valence electrons. The van der Waals surface area contributed by atoms with Crippen LogP contribution >= 0.6 is 11.3 Å². The summed E-state index contributed by atoms with van der Waals surface area (Å²) in [5.74, 6) is 1.78. The average molecular weight is 194 g/mol. The number of thiazole rings is 1. The molecule has 13 heavy (non-hydrogen) atoms. The first-order valence-corrected chi connectivity index (χ1v) is 4.83. The molecule has 0 aliphatic heterocycles. The van der Waals surface area contributed by atoms with Crippen molar-refractivity contribution in [3.8, 4) is 10.6 Å². The van der Waals surface area contributed by atoms with Crippen molar-refractivity contribution in [3.63, 3.8) is 0 Å². The van der Waals surface area contributed by atoms with Gasteiger partial charge in [0.2, 0.25) is 0 Å². The van der Waals surface area contributed by atoms with Crippen molar-refractivity contribution in [2.45, 2.75) is 13.5 Å². The van der Waals surface area contributed by atoms with Crippen molar-refractivity contribution in [3.05, 3.63) is 29.1 Å². The molecule has 3 nitrogen and oxygen atoms in total. The Balaban J connectivity index is 2.35. The molecule has 0 aromatic carbocycles. The highest BCUT2D eigenvalue weighted by molar-refractivity contribution is 7.15. The fraction of sp³-hybridized carbons (Fsp3) is 0.222. The molecule has 2 aromatic heterocycles. The van der Waals surface area contributed by atoms with E-state index in [1.54, 1.807) is 17.5 Å². The van der Waals surface area contributed by atoms with E-state index in [-0.39, 0.29) is 0 Å². The van der Waals surface area contributed by atoms with E-state index in [0.29, 0.717) is 6.54 Å². The molecule has 2 heterocycles. The molecule has 0 aliphatic carbocycles. The highest BCUT2D eigenvalue weighted by Gasteiger charge is 2.06. The van der Waals surface area contributed by atoms with Crippen LogP contribution in [-0.2, 0) is 6.54 Å². The SMILES string of the molecule is Cc1ccc(-c2cnc(CN)s2)o1. The molecule has 0 aliphatic rings. The Morgan fingerprint density at radius 3 is 2.92 bits per heavy atom. The first-order chi connectivity index (χ1) is 6.29. The molecule has 0 unspecified atom stereocenters. The van der Waals surface area contributed by atoms with Crippen LogP contribution in [0, 0.1) is 6.92 Å². The van der Waals surface area contributed by atoms with Crippen LogP contribution in [0.25, 0.3) is 10.6 Å². The molecule has 4 heteroatoms. The van der Waals surface area contributed by atoms with E-state index in [9.17, 15) is 0 Å². The van der Waals surface area contributed by atoms with Crippen LogP contribution in [0.3, 0.4) is 0 Å². The van der Waals surface area contributed by atoms with Crippen molar-refractivity contribution in [1.82, 2.24) is 4.98 Å². The molecule has 2 rings (SSSR count). The van der Waals surface area contributed by atoms with Gasteiger partial charge < -0.3 is 10.2 Å². The zero-order chi connectivity index (χ0) is 9.26. The number of nitrogens with zero attached hydrogens (tertiary/aromatic N) is 1. The summed E-state index contributed by atoms with van der Waals surface area (Å²) < 4.78 is 5.46. The molecular weight excluding hydrogens is 184 g/mol. The molecule has 0 saturated heterocycles. The summed E-state index contributed by atoms with van der Waals surface area (Å²) in [6.45, 7) is 2.42. The number of nitrogens with two attached hydrogens (primary N) is 1. The molecule has 2 N–H and O–H groups in total. The number of aromatic nitrogens is 1. The first-order valence-electron chi connectivity index (χ1n) is 4.01. The van der Waals surface area contributed by atoms with Crippen LogP contribution in [0.2, 0.25) is 0 Å². The van der Waals surface area contributed by atoms with Crippen LogP contribution < -0.4 is 5.73 Å². The molecule has 0 radical (unpaired) electrons. The Hall–Kier alpha value is -1.13. The summed E-state index contributed by atoms with van der Waals surface area (Å²) in [6.07, 6.45) is 1.80. The molecule has 0 atom stereocenters. The van der Waals surface area contributed by atoms with Crippen molar-refractivity contribution in [1.29, 1.82) is 0 Å². The third-order valence-electron chi connectivity index (χ3n) is 1.71. The number of aryl methyl sites for hydroxylation is 1. The second-order valence-electron chi connectivity index (χ2n) is 2.73. The normalized spacial score (nSPS) is 10.6. The molecule has 0 bridgehead atoms. The van der Waals surface area contributed by atoms with Crippen molar-refractivity contribution in [2.75, 3.05) is 0 Å². The number of hydrogen-bond donors (Lipinski definition) is 1. The minimum atomic E-state index is 0.490. The summed E-state index contributed by atoms with van der Waals surface area (Å²) >= 11 is 1.57. The first kappa shape index (κ1) is 8.47. The van der Waals surface area contributed by atoms with E-state index in [4.69, 9.17) is 10.2 Å². The third kappa shape index (κ3) is 1.64. The Morgan fingerprint density at radius 1 is 1.54 bits per heavy atom. The highest BCUT2D eigenvalue weighted by Crippen LogP contribution is 2.27. The van der Waals surface area contributed by atoms with Gasteiger partial charge in [0.25, 0.3) is 0 Å². The van der Waals surface area contributed by atoms with E-state index in [0.717, 1.165) is 21.4 Å². The Morgan fingerprint density at radius 2 is 2.38 bits per heavy atom. The minimum Gasteiger partial charge on any atom is -0.460 e. The molecule has 0 fully saturated rings. The largest absolute Gasteiger partial charge is 0.460 e. The predicted molar refractivity (Wildman–Crippen MR) is 52.4 cm³/mol. The monoisotopic (exact) mass is 194 g/mol. The standard InChI is InChI=1S/C9H10N2OS/c1-6-2-3-7(12-6)8-5-11-9(4-10)13-8/h2-3,5H,4,10H2,1H3. The lowest BCUT2D eigenvalue weighted by Gasteiger charge is -1.87. The summed E-state index contributed by atoms with van der Waals surface area (Å²) in [5.41, 5.74) is 5.46. The van der Waals surface area contributed by atoms with E-state index in [1.807, 2.05) is 19.1 Å². The maximum atomic E-state index is 5.46. The van der Waals surface area contributed by atoms with E-state index in [1.165, 1.54) is 0 Å². The summed E-state index contributed by atoms with van der Waals surface area (Å²) in [7, 11) is 0. The van der Waals surface area contributed by atoms with Gasteiger partial charge in [-0.1, -0.05) is 0 Å². The number of hydrogen-bond acceptors (Lipinski definition) is 4. The van der Waals surface area contributed by atoms with Gasteiger partial charge in [0.15, 0.2) is 0 Å². The summed E-state index contributed by atoms with van der Waals surface area (Å²) in [4.78, 5) is 5.19. The summed E-state index contributed by atoms with van der Waals surface area (Å²) in [6, 6.07) is 3.89. The van der Waals surface area contributed by atoms with Gasteiger partial charge in [0, 0.05) is 12.7 Å². The third-order valence-corrected chi connectivity index (χ3v) is 2.75. The lowest BCUT2D eigenvalue weighted by molar-refractivity contribution is 0.549. The number of rotatable bonds is 2. The Bertz CT molecular complexity index is 405. The zero-order valence-corrected chi connectivity index (χ0v) is 8.10. The van der Waals surface area contributed by atoms with Crippen LogP contribution in [0.5, 0.6) is 0 Å². The summed E-state index contributed by atoms with van der Waals surface area (Å²) in [5, 5.41) is 0.934. The molecular formula is C9H10N2OS. The van der Waals surface area contributed by atoms with Crippen LogP contribution in [0.15, 0.2) is 22.7 Å². The molecule has 0 spiro atoms. The highest BCUT2D eigenvalue weighted by atomic mass is 32.1. The van der Waals surface area contributed by atoms with Gasteiger partial charge >= 0.3 is 0 Å². The molecule has 2 aromatic rings. The van der Waals surface area contributed by atoms with Gasteiger partial charge in [-0.25, -0.2) is 4.98 Å². The van der Waals surface area contributed by atoms with Gasteiger partial charge in [-0.3, -0.25) is 0 Å². The second kappa shape index (κ2) is 3.32. The quantitative estimate of drug-likeness (QED) is 0.797. The maximum Gasteiger partial charge on any atom is 0.145 e. The number of furan rings is 1. The molecule has 0 amide bonds. The molecule has 0 saturated carbocycles. The van der Waals surface area contributed by atoms with Crippen molar-refractivity contribution < 1.29 is 4.42 Å². The van der Waals surface area contributed by atoms with Gasteiger partial charge in [-0.2, -0.15) is 0 Å². The average Bonchev–Trinajstić information content (AvgIpc) is 2.71. The van der Waals surface area contributed by atoms with Crippen molar-refractivity contribution >= 4 is 11.3 Å². The fourth-order valence-corrected chi connectivity index (χ4v) is 1.84. The van der Waals surface area contributed by atoms with Gasteiger partial charge in [-0.15, -0.1) is 11.3 Å². The zero-order valence-electron chi connectivity index (χ0n) is 7.28. The van der Waals surface area contributed by atoms with Gasteiger partial charge in [0.05, 0.1) is 4.88 Å². The smallest absolute Gasteiger partial charge is 0.145 e. The van der Waals surface area contributed by atoms with Gasteiger partial charge in [-0.05, 0) is 19.1 Å². The van der Waals surface area contributed by atoms with Gasteiger partial charge in [0.1, 0.15) is 16.5 Å². The van der Waals surface area contributed by atoms with Crippen LogP contribution in [-0.4, -0.2) is 4.98 Å². The topological polar surface area (TPSA) is 52.0 Å². The predicted octanol–water partition coefficient (Wildman–Crippen LogP) is 2.17. The van der Waals surface area contributed by atoms with Crippen LogP contribution in [0.1, 0.15) is 10.8 Å².